The largest absolute Gasteiger partial charge is 0.478 e. The molecule has 4 fully saturated rings. The first kappa shape index (κ1) is 35.8. The zero-order valence-electron chi connectivity index (χ0n) is 31.7. The third-order valence-electron chi connectivity index (χ3n) is 12.7. The lowest BCUT2D eigenvalue weighted by Gasteiger charge is -2.56. The number of nitrogens with zero attached hydrogens (tertiary/aromatic N) is 5. The fraction of sp³-hybridized carbons (Fsp3) is 0.386. The highest BCUT2D eigenvalue weighted by Gasteiger charge is 2.51. The number of carboxylic acid groups (broad SMARTS) is 1. The van der Waals surface area contributed by atoms with Crippen LogP contribution in [-0.2, 0) is 22.6 Å². The van der Waals surface area contributed by atoms with Crippen LogP contribution in [0.1, 0.15) is 82.5 Å². The molecule has 4 heterocycles. The van der Waals surface area contributed by atoms with Gasteiger partial charge in [0.05, 0.1) is 30.8 Å². The molecule has 1 aliphatic heterocycles. The van der Waals surface area contributed by atoms with Crippen molar-refractivity contribution in [2.24, 2.45) is 23.2 Å². The number of hydrogen-bond donors (Lipinski definition) is 2. The molecule has 4 saturated carbocycles. The van der Waals surface area contributed by atoms with E-state index in [4.69, 9.17) is 14.6 Å². The first-order valence-corrected chi connectivity index (χ1v) is 19.6. The number of methoxy groups -OCH3 is 1. The summed E-state index contributed by atoms with van der Waals surface area (Å²) >= 11 is 0. The van der Waals surface area contributed by atoms with Crippen molar-refractivity contribution in [3.63, 3.8) is 0 Å². The number of benzene rings is 2. The molecule has 4 bridgehead atoms. The van der Waals surface area contributed by atoms with E-state index in [1.54, 1.807) is 27.6 Å². The normalized spacial score (nSPS) is 22.6. The Balaban J connectivity index is 0.944. The van der Waals surface area contributed by atoms with E-state index in [-0.39, 0.29) is 18.3 Å². The van der Waals surface area contributed by atoms with Crippen LogP contribution >= 0.6 is 0 Å². The summed E-state index contributed by atoms with van der Waals surface area (Å²) in [4.78, 5) is 45.0. The van der Waals surface area contributed by atoms with Gasteiger partial charge < -0.3 is 24.8 Å². The number of amides is 1. The van der Waals surface area contributed by atoms with Crippen molar-refractivity contribution in [2.75, 3.05) is 25.5 Å². The Morgan fingerprint density at radius 1 is 0.964 bits per heavy atom. The van der Waals surface area contributed by atoms with Gasteiger partial charge >= 0.3 is 18.0 Å². The minimum atomic E-state index is -1.09. The van der Waals surface area contributed by atoms with Gasteiger partial charge in [-0.1, -0.05) is 42.5 Å². The number of fused-ring (bicyclic) bond motifs is 1. The van der Waals surface area contributed by atoms with E-state index >= 15 is 0 Å². The summed E-state index contributed by atoms with van der Waals surface area (Å²) in [7, 11) is 1.36. The quantitative estimate of drug-likeness (QED) is 0.135. The number of rotatable bonds is 10. The summed E-state index contributed by atoms with van der Waals surface area (Å²) in [5.74, 6) is 1.43. The van der Waals surface area contributed by atoms with Crippen LogP contribution in [0.25, 0.3) is 22.3 Å². The van der Waals surface area contributed by atoms with E-state index in [1.165, 1.54) is 45.6 Å². The predicted molar refractivity (Wildman–Crippen MR) is 211 cm³/mol. The number of nitrogens with one attached hydrogen (secondary N) is 1. The number of carbonyl (C=O) groups excluding carboxylic acids is 2. The maximum Gasteiger partial charge on any atom is 0.410 e. The van der Waals surface area contributed by atoms with E-state index in [2.05, 4.69) is 21.9 Å². The van der Waals surface area contributed by atoms with Crippen LogP contribution in [0.5, 0.6) is 0 Å². The van der Waals surface area contributed by atoms with Crippen LogP contribution in [0, 0.1) is 30.1 Å². The highest BCUT2D eigenvalue weighted by Crippen LogP contribution is 2.60. The molecule has 0 spiro atoms. The van der Waals surface area contributed by atoms with Crippen LogP contribution in [0.15, 0.2) is 79.3 Å². The number of ether oxygens (including phenoxy) is 2. The molecule has 12 nitrogen and oxygen atoms in total. The Labute approximate surface area is 325 Å². The van der Waals surface area contributed by atoms with Crippen LogP contribution in [0.3, 0.4) is 0 Å². The predicted octanol–water partition coefficient (Wildman–Crippen LogP) is 8.38. The van der Waals surface area contributed by atoms with Crippen LogP contribution in [0.4, 0.5) is 16.3 Å². The number of pyridine rings is 1. The second kappa shape index (κ2) is 14.3. The molecule has 3 aromatic heterocycles. The summed E-state index contributed by atoms with van der Waals surface area (Å²) < 4.78 is 14.7. The number of aromatic nitrogens is 4. The maximum atomic E-state index is 13.5. The number of anilines is 2. The average molecular weight is 755 g/mol. The third kappa shape index (κ3) is 6.60. The van der Waals surface area contributed by atoms with E-state index < -0.39 is 11.9 Å². The first-order chi connectivity index (χ1) is 27.2. The topological polar surface area (TPSA) is 140 Å². The summed E-state index contributed by atoms with van der Waals surface area (Å²) in [6.07, 6.45) is 15.4. The molecule has 10 rings (SSSR count). The number of carboxylic acids is 1. The highest BCUT2D eigenvalue weighted by atomic mass is 16.6. The van der Waals surface area contributed by atoms with Crippen molar-refractivity contribution < 1.29 is 29.0 Å². The molecule has 2 aromatic carbocycles. The molecular formula is C44H46N6O6. The van der Waals surface area contributed by atoms with Crippen LogP contribution in [-0.4, -0.2) is 67.4 Å². The van der Waals surface area contributed by atoms with Crippen molar-refractivity contribution in [1.82, 2.24) is 24.1 Å². The molecule has 0 saturated heterocycles. The molecule has 56 heavy (non-hydrogen) atoms. The lowest BCUT2D eigenvalue weighted by Crippen LogP contribution is -2.48. The summed E-state index contributed by atoms with van der Waals surface area (Å²) in [5, 5.41) is 18.4. The Bertz CT molecular complexity index is 2340. The molecule has 12 heteroatoms. The van der Waals surface area contributed by atoms with Gasteiger partial charge in [-0.2, -0.15) is 5.10 Å². The molecule has 1 amide bonds. The molecule has 5 aliphatic rings. The zero-order chi connectivity index (χ0) is 38.6. The van der Waals surface area contributed by atoms with E-state index in [9.17, 15) is 19.5 Å². The SMILES string of the molecule is COC(=O)c1c(-c2cnn(CC34CC5CC(CC(C5)C3)C4)c2C)ccn2c(Nc3ccc(C4=CCN(C(=O)OCc5ccccc5)CC4)cc3C(=O)O)cnc12. The number of carbonyl (C=O) groups is 3. The van der Waals surface area contributed by atoms with Gasteiger partial charge in [0.25, 0.3) is 0 Å². The molecule has 288 valence electrons. The second-order valence-corrected chi connectivity index (χ2v) is 16.3. The monoisotopic (exact) mass is 754 g/mol. The van der Waals surface area contributed by atoms with Gasteiger partial charge in [-0.15, -0.1) is 0 Å². The van der Waals surface area contributed by atoms with E-state index in [1.807, 2.05) is 60.9 Å². The van der Waals surface area contributed by atoms with Gasteiger partial charge in [0.1, 0.15) is 18.0 Å². The summed E-state index contributed by atoms with van der Waals surface area (Å²) in [6.45, 7) is 3.99. The average Bonchev–Trinajstić information content (AvgIpc) is 3.77. The van der Waals surface area contributed by atoms with Gasteiger partial charge in [-0.3, -0.25) is 9.08 Å². The minimum Gasteiger partial charge on any atom is -0.478 e. The van der Waals surface area contributed by atoms with Gasteiger partial charge in [-0.25, -0.2) is 19.4 Å². The van der Waals surface area contributed by atoms with Gasteiger partial charge in [0.15, 0.2) is 5.65 Å². The highest BCUT2D eigenvalue weighted by molar-refractivity contribution is 6.04. The van der Waals surface area contributed by atoms with Crippen molar-refractivity contribution in [3.8, 4) is 11.1 Å². The molecule has 5 aromatic rings. The van der Waals surface area contributed by atoms with Crippen molar-refractivity contribution in [1.29, 1.82) is 0 Å². The van der Waals surface area contributed by atoms with E-state index in [0.29, 0.717) is 53.2 Å². The van der Waals surface area contributed by atoms with E-state index in [0.717, 1.165) is 52.3 Å². The second-order valence-electron chi connectivity index (χ2n) is 16.3. The Morgan fingerprint density at radius 3 is 2.39 bits per heavy atom. The standard InChI is InChI=1S/C44H46N6O6/c1-27-36(23-46-50(27)26-44-20-29-16-30(21-44)18-31(17-29)22-44)34-12-15-49-38(24-45-40(49)39(34)42(53)55-2)47-37-9-8-33(19-35(37)41(51)52)32-10-13-48(14-11-32)43(54)56-25-28-6-4-3-5-7-28/h3-10,12,15,19,23-24,29-31,47H,11,13-14,16-18,20-22,25-26H2,1-2H3,(H,51,52). The molecule has 0 atom stereocenters. The minimum absolute atomic E-state index is 0.0786. The molecule has 0 radical (unpaired) electrons. The van der Waals surface area contributed by atoms with Crippen molar-refractivity contribution >= 4 is 40.8 Å². The van der Waals surface area contributed by atoms with Gasteiger partial charge in [0, 0.05) is 42.7 Å². The summed E-state index contributed by atoms with van der Waals surface area (Å²) in [5.41, 5.74) is 6.66. The number of hydrogen-bond acceptors (Lipinski definition) is 8. The summed E-state index contributed by atoms with van der Waals surface area (Å²) in [6, 6.07) is 16.7. The lowest BCUT2D eigenvalue weighted by atomic mass is 9.49. The van der Waals surface area contributed by atoms with Crippen LogP contribution < -0.4 is 5.32 Å². The maximum absolute atomic E-state index is 13.5. The van der Waals surface area contributed by atoms with Gasteiger partial charge in [-0.05, 0) is 110 Å². The Kier molecular flexibility index (Phi) is 9.14. The van der Waals surface area contributed by atoms with Gasteiger partial charge in [0.2, 0.25) is 0 Å². The Hall–Kier alpha value is -5.91. The van der Waals surface area contributed by atoms with Crippen molar-refractivity contribution in [2.45, 2.75) is 65.0 Å². The number of aromatic carboxylic acids is 1. The number of esters is 1. The molecule has 4 aliphatic carbocycles. The number of imidazole rings is 1. The molecule has 2 N–H and O–H groups in total. The smallest absolute Gasteiger partial charge is 0.410 e. The third-order valence-corrected chi connectivity index (χ3v) is 12.7. The fourth-order valence-electron chi connectivity index (χ4n) is 10.4. The van der Waals surface area contributed by atoms with Crippen LogP contribution in [0.2, 0.25) is 0 Å². The molecule has 0 unspecified atom stereocenters. The van der Waals surface area contributed by atoms with Crippen molar-refractivity contribution in [3.05, 3.63) is 107 Å². The first-order valence-electron chi connectivity index (χ1n) is 19.6. The lowest BCUT2D eigenvalue weighted by molar-refractivity contribution is -0.0638. The fourth-order valence-corrected chi connectivity index (χ4v) is 10.4. The molecular weight excluding hydrogens is 709 g/mol. The Morgan fingerprint density at radius 2 is 1.71 bits per heavy atom. The zero-order valence-corrected chi connectivity index (χ0v) is 31.7.